The summed E-state index contributed by atoms with van der Waals surface area (Å²) >= 11 is 0. The number of halogens is 3. The molecule has 1 heterocycles. The summed E-state index contributed by atoms with van der Waals surface area (Å²) < 4.78 is 31.7. The lowest BCUT2D eigenvalue weighted by molar-refractivity contribution is -0.192. The number of alkyl halides is 3. The Kier molecular flexibility index (Phi) is 11.3. The van der Waals surface area contributed by atoms with Crippen LogP contribution in [0.2, 0.25) is 0 Å². The quantitative estimate of drug-likeness (QED) is 0.412. The molecule has 0 unspecified atom stereocenters. The lowest BCUT2D eigenvalue weighted by Gasteiger charge is -2.35. The van der Waals surface area contributed by atoms with Crippen LogP contribution >= 0.6 is 0 Å². The van der Waals surface area contributed by atoms with Gasteiger partial charge in [0, 0.05) is 61.5 Å². The lowest BCUT2D eigenvalue weighted by atomic mass is 9.83. The van der Waals surface area contributed by atoms with Crippen LogP contribution in [0, 0.1) is 5.92 Å². The van der Waals surface area contributed by atoms with Crippen molar-refractivity contribution in [3.8, 4) is 0 Å². The SMILES string of the molecule is CC(C)(C)NC(=O)c1cccc(CN2CCN(C(=O)c3ccc(NC(=O)CC4CCC4)cc3)CC2)c1.O=C(O)C(F)(F)F. The molecular weight excluding hydrogens is 565 g/mol. The molecule has 0 bridgehead atoms. The van der Waals surface area contributed by atoms with Gasteiger partial charge in [0.1, 0.15) is 0 Å². The molecule has 3 N–H and O–H groups in total. The molecular formula is C31H39F3N4O5. The number of carboxylic acid groups (broad SMARTS) is 1. The van der Waals surface area contributed by atoms with E-state index in [2.05, 4.69) is 15.5 Å². The smallest absolute Gasteiger partial charge is 0.475 e. The summed E-state index contributed by atoms with van der Waals surface area (Å²) in [6.07, 6.45) is -0.976. The van der Waals surface area contributed by atoms with Crippen LogP contribution in [0.3, 0.4) is 0 Å². The highest BCUT2D eigenvalue weighted by Gasteiger charge is 2.38. The Labute approximate surface area is 249 Å². The van der Waals surface area contributed by atoms with Crippen molar-refractivity contribution in [3.63, 3.8) is 0 Å². The second-order valence-electron chi connectivity index (χ2n) is 11.9. The molecule has 0 radical (unpaired) electrons. The molecule has 3 amide bonds. The number of nitrogens with one attached hydrogen (secondary N) is 2. The zero-order valence-electron chi connectivity index (χ0n) is 24.7. The Morgan fingerprint density at radius 3 is 2.02 bits per heavy atom. The second kappa shape index (κ2) is 14.5. The Hall–Kier alpha value is -3.93. The van der Waals surface area contributed by atoms with Crippen molar-refractivity contribution in [3.05, 3.63) is 65.2 Å². The van der Waals surface area contributed by atoms with Crippen molar-refractivity contribution in [2.24, 2.45) is 5.92 Å². The van der Waals surface area contributed by atoms with Crippen LogP contribution in [0.15, 0.2) is 48.5 Å². The van der Waals surface area contributed by atoms with E-state index in [0.717, 1.165) is 43.7 Å². The Balaban J connectivity index is 0.000000646. The minimum atomic E-state index is -5.08. The van der Waals surface area contributed by atoms with Crippen molar-refractivity contribution in [2.45, 2.75) is 64.7 Å². The number of rotatable bonds is 7. The molecule has 0 aromatic heterocycles. The number of piperazine rings is 1. The largest absolute Gasteiger partial charge is 0.490 e. The average Bonchev–Trinajstić information content (AvgIpc) is 2.90. The molecule has 234 valence electrons. The van der Waals surface area contributed by atoms with Gasteiger partial charge in [-0.05, 0) is 81.5 Å². The minimum absolute atomic E-state index is 0.0165. The molecule has 0 atom stereocenters. The first-order valence-corrected chi connectivity index (χ1v) is 14.2. The van der Waals surface area contributed by atoms with Gasteiger partial charge < -0.3 is 20.6 Å². The van der Waals surface area contributed by atoms with Crippen molar-refractivity contribution >= 4 is 29.4 Å². The summed E-state index contributed by atoms with van der Waals surface area (Å²) in [6.45, 7) is 9.52. The minimum Gasteiger partial charge on any atom is -0.475 e. The maximum atomic E-state index is 13.0. The second-order valence-corrected chi connectivity index (χ2v) is 11.9. The molecule has 9 nitrogen and oxygen atoms in total. The van der Waals surface area contributed by atoms with E-state index in [4.69, 9.17) is 9.90 Å². The van der Waals surface area contributed by atoms with E-state index in [9.17, 15) is 27.6 Å². The van der Waals surface area contributed by atoms with E-state index < -0.39 is 12.1 Å². The molecule has 2 aromatic carbocycles. The first-order valence-electron chi connectivity index (χ1n) is 14.2. The monoisotopic (exact) mass is 604 g/mol. The first kappa shape index (κ1) is 33.6. The lowest BCUT2D eigenvalue weighted by Crippen LogP contribution is -2.48. The number of nitrogens with zero attached hydrogens (tertiary/aromatic N) is 2. The highest BCUT2D eigenvalue weighted by molar-refractivity contribution is 5.96. The maximum absolute atomic E-state index is 13.0. The van der Waals surface area contributed by atoms with E-state index in [1.54, 1.807) is 12.1 Å². The summed E-state index contributed by atoms with van der Waals surface area (Å²) in [5.41, 5.74) is 2.85. The van der Waals surface area contributed by atoms with Crippen LogP contribution in [-0.4, -0.2) is 76.5 Å². The normalized spacial score (nSPS) is 15.9. The number of anilines is 1. The van der Waals surface area contributed by atoms with Gasteiger partial charge in [0.2, 0.25) is 5.91 Å². The fourth-order valence-corrected chi connectivity index (χ4v) is 4.64. The summed E-state index contributed by atoms with van der Waals surface area (Å²) in [6, 6.07) is 15.0. The first-order chi connectivity index (χ1) is 20.1. The third-order valence-corrected chi connectivity index (χ3v) is 7.10. The molecule has 1 aliphatic carbocycles. The van der Waals surface area contributed by atoms with E-state index in [-0.39, 0.29) is 23.3 Å². The van der Waals surface area contributed by atoms with Gasteiger partial charge in [-0.25, -0.2) is 4.79 Å². The van der Waals surface area contributed by atoms with E-state index in [1.807, 2.05) is 62.1 Å². The van der Waals surface area contributed by atoms with Crippen LogP contribution in [0.1, 0.15) is 72.7 Å². The van der Waals surface area contributed by atoms with Crippen LogP contribution < -0.4 is 10.6 Å². The number of carboxylic acids is 1. The summed E-state index contributed by atoms with van der Waals surface area (Å²) in [7, 11) is 0. The zero-order valence-corrected chi connectivity index (χ0v) is 24.7. The molecule has 12 heteroatoms. The molecule has 2 aliphatic rings. The molecule has 43 heavy (non-hydrogen) atoms. The Morgan fingerprint density at radius 2 is 1.51 bits per heavy atom. The zero-order chi connectivity index (χ0) is 31.8. The highest BCUT2D eigenvalue weighted by atomic mass is 19.4. The van der Waals surface area contributed by atoms with Crippen molar-refractivity contribution in [1.82, 2.24) is 15.1 Å². The fraction of sp³-hybridized carbons (Fsp3) is 0.484. The van der Waals surface area contributed by atoms with E-state index in [1.165, 1.54) is 6.42 Å². The van der Waals surface area contributed by atoms with Crippen molar-refractivity contribution in [1.29, 1.82) is 0 Å². The average molecular weight is 605 g/mol. The molecule has 1 aliphatic heterocycles. The third-order valence-electron chi connectivity index (χ3n) is 7.10. The van der Waals surface area contributed by atoms with Crippen LogP contribution in [0.5, 0.6) is 0 Å². The standard InChI is InChI=1S/C29H38N4O3.C2HF3O2/c1-29(2,3)31-27(35)24-9-5-8-22(18-24)20-32-14-16-33(17-15-32)28(36)23-10-12-25(13-11-23)30-26(34)19-21-6-4-7-21;3-2(4,5)1(6)7/h5,8-13,18,21H,4,6-7,14-17,19-20H2,1-3H3,(H,30,34)(H,31,35);(H,6,7). The molecule has 0 spiro atoms. The van der Waals surface area contributed by atoms with Gasteiger partial charge in [0.25, 0.3) is 11.8 Å². The van der Waals surface area contributed by atoms with Gasteiger partial charge in [0.05, 0.1) is 0 Å². The van der Waals surface area contributed by atoms with E-state index in [0.29, 0.717) is 36.6 Å². The van der Waals surface area contributed by atoms with Gasteiger partial charge in [-0.15, -0.1) is 0 Å². The number of aliphatic carboxylic acids is 1. The summed E-state index contributed by atoms with van der Waals surface area (Å²) in [5, 5.41) is 13.1. The Morgan fingerprint density at radius 1 is 0.907 bits per heavy atom. The number of carbonyl (C=O) groups excluding carboxylic acids is 3. The molecule has 1 saturated heterocycles. The van der Waals surface area contributed by atoms with Gasteiger partial charge in [0.15, 0.2) is 0 Å². The van der Waals surface area contributed by atoms with Crippen LogP contribution in [0.4, 0.5) is 18.9 Å². The number of carbonyl (C=O) groups is 4. The maximum Gasteiger partial charge on any atom is 0.490 e. The van der Waals surface area contributed by atoms with Crippen LogP contribution in [0.25, 0.3) is 0 Å². The van der Waals surface area contributed by atoms with Gasteiger partial charge in [-0.2, -0.15) is 13.2 Å². The molecule has 4 rings (SSSR count). The Bertz CT molecular complexity index is 1280. The molecule has 2 aromatic rings. The topological polar surface area (TPSA) is 119 Å². The summed E-state index contributed by atoms with van der Waals surface area (Å²) in [4.78, 5) is 50.7. The van der Waals surface area contributed by atoms with Gasteiger partial charge in [-0.3, -0.25) is 19.3 Å². The number of amides is 3. The van der Waals surface area contributed by atoms with Crippen LogP contribution in [-0.2, 0) is 16.1 Å². The predicted octanol–water partition coefficient (Wildman–Crippen LogP) is 4.93. The van der Waals surface area contributed by atoms with Crippen molar-refractivity contribution < 1.29 is 37.5 Å². The fourth-order valence-electron chi connectivity index (χ4n) is 4.64. The number of hydrogen-bond acceptors (Lipinski definition) is 5. The highest BCUT2D eigenvalue weighted by Crippen LogP contribution is 2.29. The predicted molar refractivity (Wildman–Crippen MR) is 156 cm³/mol. The number of hydrogen-bond donors (Lipinski definition) is 3. The molecule has 2 fully saturated rings. The van der Waals surface area contributed by atoms with Gasteiger partial charge in [-0.1, -0.05) is 18.6 Å². The van der Waals surface area contributed by atoms with E-state index >= 15 is 0 Å². The van der Waals surface area contributed by atoms with Gasteiger partial charge >= 0.3 is 12.1 Å². The third kappa shape index (κ3) is 11.0. The molecule has 1 saturated carbocycles. The summed E-state index contributed by atoms with van der Waals surface area (Å²) in [5.74, 6) is -2.23. The number of benzene rings is 2. The van der Waals surface area contributed by atoms with Crippen molar-refractivity contribution in [2.75, 3.05) is 31.5 Å².